The predicted molar refractivity (Wildman–Crippen MR) is 278 cm³/mol. The largest absolute Gasteiger partial charge is 0.490 e. The van der Waals surface area contributed by atoms with Crippen LogP contribution in [0, 0.1) is 18.7 Å². The van der Waals surface area contributed by atoms with Crippen molar-refractivity contribution in [2.45, 2.75) is 108 Å². The number of likely N-dealkylation sites (tertiary alicyclic amines) is 1. The first kappa shape index (κ1) is 49.6. The average molecular weight is 1030 g/mol. The van der Waals surface area contributed by atoms with Crippen molar-refractivity contribution in [1.82, 2.24) is 25.1 Å². The second-order valence-corrected chi connectivity index (χ2v) is 21.3. The average Bonchev–Trinajstić information content (AvgIpc) is 3.94. The summed E-state index contributed by atoms with van der Waals surface area (Å²) in [6, 6.07) is 24.5. The molecule has 4 N–H and O–H groups in total. The van der Waals surface area contributed by atoms with Gasteiger partial charge in [-0.05, 0) is 147 Å². The first-order valence-electron chi connectivity index (χ1n) is 25.8. The minimum Gasteiger partial charge on any atom is -0.490 e. The van der Waals surface area contributed by atoms with Gasteiger partial charge in [0, 0.05) is 50.1 Å². The molecule has 0 radical (unpaired) electrons. The number of aliphatic hydroxyl groups excluding tert-OH is 1. The molecule has 2 saturated heterocycles. The number of hydrogen-bond donors (Lipinski definition) is 4. The number of carboxylic acid groups (broad SMARTS) is 1. The summed E-state index contributed by atoms with van der Waals surface area (Å²) in [5.74, 6) is -3.01. The number of benzene rings is 4. The van der Waals surface area contributed by atoms with Crippen molar-refractivity contribution in [2.75, 3.05) is 29.9 Å². The van der Waals surface area contributed by atoms with E-state index in [1.54, 1.807) is 0 Å². The van der Waals surface area contributed by atoms with E-state index in [2.05, 4.69) is 26.6 Å². The first-order chi connectivity index (χ1) is 36.3. The molecule has 5 aliphatic rings. The minimum absolute atomic E-state index is 0.00955. The van der Waals surface area contributed by atoms with Crippen LogP contribution in [0.25, 0.3) is 21.3 Å². The Morgan fingerprint density at radius 1 is 0.840 bits per heavy atom. The van der Waals surface area contributed by atoms with E-state index in [1.807, 2.05) is 78.6 Å². The highest BCUT2D eigenvalue weighted by Gasteiger charge is 2.45. The van der Waals surface area contributed by atoms with E-state index in [4.69, 9.17) is 9.72 Å². The van der Waals surface area contributed by atoms with Crippen LogP contribution in [0.4, 0.5) is 15.3 Å². The molecular formula is C57H56FN7O9S. The van der Waals surface area contributed by atoms with Gasteiger partial charge in [-0.2, -0.15) is 0 Å². The number of rotatable bonds is 13. The zero-order valence-electron chi connectivity index (χ0n) is 41.4. The van der Waals surface area contributed by atoms with Crippen molar-refractivity contribution in [3.05, 3.63) is 135 Å². The number of piperidine rings is 2. The van der Waals surface area contributed by atoms with Crippen LogP contribution in [0.3, 0.4) is 0 Å². The Bertz CT molecular complexity index is 3260. The van der Waals surface area contributed by atoms with Gasteiger partial charge < -0.3 is 30.1 Å². The summed E-state index contributed by atoms with van der Waals surface area (Å²) >= 11 is 1.48. The molecule has 1 aliphatic carbocycles. The van der Waals surface area contributed by atoms with Crippen LogP contribution in [0.5, 0.6) is 5.75 Å². The Morgan fingerprint density at radius 3 is 2.36 bits per heavy atom. The van der Waals surface area contributed by atoms with Crippen LogP contribution in [0.15, 0.2) is 84.9 Å². The van der Waals surface area contributed by atoms with Gasteiger partial charge in [0.2, 0.25) is 17.7 Å². The number of nitrogens with zero attached hydrogens (tertiary/aromatic N) is 5. The zero-order valence-corrected chi connectivity index (χ0v) is 42.2. The zero-order chi connectivity index (χ0) is 52.1. The molecule has 6 heterocycles. The van der Waals surface area contributed by atoms with Crippen LogP contribution < -0.4 is 20.3 Å². The highest BCUT2D eigenvalue weighted by Crippen LogP contribution is 2.40. The monoisotopic (exact) mass is 1030 g/mol. The summed E-state index contributed by atoms with van der Waals surface area (Å²) < 4.78 is 23.2. The van der Waals surface area contributed by atoms with Gasteiger partial charge >= 0.3 is 5.97 Å². The van der Waals surface area contributed by atoms with Gasteiger partial charge in [0.25, 0.3) is 11.8 Å². The summed E-state index contributed by atoms with van der Waals surface area (Å²) in [6.07, 6.45) is 5.21. The van der Waals surface area contributed by atoms with Crippen molar-refractivity contribution in [2.24, 2.45) is 5.92 Å². The Kier molecular flexibility index (Phi) is 13.6. The maximum atomic E-state index is 15.6. The molecule has 2 atom stereocenters. The number of ether oxygens (including phenoxy) is 1. The number of hydrogen-bond acceptors (Lipinski definition) is 13. The molecule has 3 fully saturated rings. The summed E-state index contributed by atoms with van der Waals surface area (Å²) in [4.78, 5) is 91.2. The van der Waals surface area contributed by atoms with E-state index in [1.165, 1.54) is 17.4 Å². The van der Waals surface area contributed by atoms with Crippen molar-refractivity contribution in [3.63, 3.8) is 0 Å². The number of halogens is 1. The van der Waals surface area contributed by atoms with Crippen molar-refractivity contribution in [3.8, 4) is 16.9 Å². The third-order valence-corrected chi connectivity index (χ3v) is 16.8. The van der Waals surface area contributed by atoms with E-state index < -0.39 is 47.7 Å². The fraction of sp³-hybridized carbons (Fsp3) is 0.368. The van der Waals surface area contributed by atoms with Gasteiger partial charge in [0.15, 0.2) is 17.1 Å². The lowest BCUT2D eigenvalue weighted by Gasteiger charge is -2.33. The third kappa shape index (κ3) is 9.84. The lowest BCUT2D eigenvalue weighted by atomic mass is 9.84. The Morgan fingerprint density at radius 2 is 1.60 bits per heavy atom. The van der Waals surface area contributed by atoms with Gasteiger partial charge in [-0.3, -0.25) is 34.2 Å². The van der Waals surface area contributed by atoms with Gasteiger partial charge in [0.05, 0.1) is 27.4 Å². The maximum absolute atomic E-state index is 15.6. The van der Waals surface area contributed by atoms with E-state index in [-0.39, 0.29) is 47.6 Å². The smallest absolute Gasteiger partial charge is 0.355 e. The number of fused-ring (bicyclic) bond motifs is 3. The van der Waals surface area contributed by atoms with Crippen molar-refractivity contribution >= 4 is 68.0 Å². The molecule has 2 unspecified atom stereocenters. The molecule has 4 aliphatic heterocycles. The SMILES string of the molecule is Cc1c(O[C@H]2CC[C@H](CCC(=O)N3CCC(c4cc5c(cc4F)C(=O)N(C4CCC(=O)NC4=O)C5=O)CC3)CC2)cccc1-c1ccc(N2CCc3cccc(C(O)Nc4nc5ccccc5s4)c3C2)nc1C(=O)O. The lowest BCUT2D eigenvalue weighted by Crippen LogP contribution is -2.54. The predicted octanol–water partition coefficient (Wildman–Crippen LogP) is 8.69. The summed E-state index contributed by atoms with van der Waals surface area (Å²) in [5.41, 5.74) is 5.89. The number of carboxylic acids is 1. The summed E-state index contributed by atoms with van der Waals surface area (Å²) in [5, 5.41) is 27.9. The number of pyridine rings is 1. The molecule has 2 aromatic heterocycles. The number of nitrogens with one attached hydrogen (secondary N) is 2. The molecule has 0 spiro atoms. The number of anilines is 2. The second-order valence-electron chi connectivity index (χ2n) is 20.3. The third-order valence-electron chi connectivity index (χ3n) is 15.8. The van der Waals surface area contributed by atoms with E-state index >= 15 is 4.39 Å². The number of para-hydroxylation sites is 1. The Balaban J connectivity index is 0.671. The first-order valence-corrected chi connectivity index (χ1v) is 26.6. The molecule has 386 valence electrons. The topological polar surface area (TPSA) is 212 Å². The van der Waals surface area contributed by atoms with Gasteiger partial charge in [-0.25, -0.2) is 19.2 Å². The molecule has 6 aromatic rings. The highest BCUT2D eigenvalue weighted by atomic mass is 32.1. The Hall–Kier alpha value is -7.57. The standard InChI is InChI=1S/C57H56FN7O9S/c1-31-36(37-17-19-48(60-51(37)56(72)73)64-27-24-33-6-4-8-38(42(33)30-64)52(68)62-57-59-44-9-2-3-11-47(44)75-57)7-5-10-46(31)74-35-15-12-32(13-16-35)14-21-50(67)63-25-22-34(23-26-63)39-28-40-41(29-43(39)58)55(71)65(54(40)70)45-18-20-49(66)61-53(45)69/h2-11,17,19,28-29,32,34-35,45,52,68H,12-16,18,20-27,30H2,1H3,(H,59,62)(H,72,73)(H,61,66,69)/t32-,35-,45?,52?. The lowest BCUT2D eigenvalue weighted by molar-refractivity contribution is -0.136. The number of aliphatic hydroxyl groups is 1. The number of aromatic carboxylic acids is 1. The quantitative estimate of drug-likeness (QED) is 0.0631. The number of aromatic nitrogens is 2. The summed E-state index contributed by atoms with van der Waals surface area (Å²) in [7, 11) is 0. The van der Waals surface area contributed by atoms with Crippen LogP contribution in [0.1, 0.15) is 135 Å². The number of thiazole rings is 1. The maximum Gasteiger partial charge on any atom is 0.355 e. The highest BCUT2D eigenvalue weighted by molar-refractivity contribution is 7.22. The van der Waals surface area contributed by atoms with E-state index in [0.717, 1.165) is 81.1 Å². The van der Waals surface area contributed by atoms with Crippen LogP contribution in [0.2, 0.25) is 0 Å². The molecule has 4 aromatic carbocycles. The fourth-order valence-electron chi connectivity index (χ4n) is 11.7. The van der Waals surface area contributed by atoms with Gasteiger partial charge in [0.1, 0.15) is 23.4 Å². The molecule has 11 rings (SSSR count). The van der Waals surface area contributed by atoms with E-state index in [0.29, 0.717) is 85.6 Å². The van der Waals surface area contributed by atoms with Crippen LogP contribution in [-0.2, 0) is 27.3 Å². The normalized spacial score (nSPS) is 20.5. The van der Waals surface area contributed by atoms with Gasteiger partial charge in [-0.1, -0.05) is 53.8 Å². The molecular weight excluding hydrogens is 978 g/mol. The molecule has 18 heteroatoms. The molecule has 75 heavy (non-hydrogen) atoms. The molecule has 5 amide bonds. The fourth-order valence-corrected chi connectivity index (χ4v) is 12.6. The van der Waals surface area contributed by atoms with Crippen molar-refractivity contribution < 1.29 is 48.1 Å². The van der Waals surface area contributed by atoms with Crippen LogP contribution in [-0.4, -0.2) is 97.3 Å². The number of amides is 5. The van der Waals surface area contributed by atoms with E-state index in [9.17, 15) is 39.0 Å². The molecule has 16 nitrogen and oxygen atoms in total. The summed E-state index contributed by atoms with van der Waals surface area (Å²) in [6.45, 7) is 3.87. The number of imide groups is 2. The molecule has 0 bridgehead atoms. The van der Waals surface area contributed by atoms with Crippen LogP contribution >= 0.6 is 11.3 Å². The minimum atomic E-state index is -1.14. The molecule has 1 saturated carbocycles. The van der Waals surface area contributed by atoms with Crippen molar-refractivity contribution in [1.29, 1.82) is 0 Å². The Labute approximate surface area is 435 Å². The number of carbonyl (C=O) groups is 6. The number of carbonyl (C=O) groups excluding carboxylic acids is 5. The second kappa shape index (κ2) is 20.6. The van der Waals surface area contributed by atoms with Gasteiger partial charge in [-0.15, -0.1) is 0 Å².